The van der Waals surface area contributed by atoms with Gasteiger partial charge in [-0.25, -0.2) is 4.98 Å². The predicted molar refractivity (Wildman–Crippen MR) is 64.2 cm³/mol. The molecule has 1 saturated heterocycles. The van der Waals surface area contributed by atoms with Crippen LogP contribution in [0, 0.1) is 5.92 Å². The number of aromatic nitrogens is 1. The largest absolute Gasteiger partial charge is 0.328 e. The average molecular weight is 246 g/mol. The van der Waals surface area contributed by atoms with Gasteiger partial charge in [0, 0.05) is 12.6 Å². The van der Waals surface area contributed by atoms with Gasteiger partial charge in [-0.3, -0.25) is 4.90 Å². The van der Waals surface area contributed by atoms with Gasteiger partial charge in [0.15, 0.2) is 0 Å². The third kappa shape index (κ3) is 2.91. The smallest absolute Gasteiger partial charge is 0.113 e. The molecular formula is C10H16ClN3S. The third-order valence-corrected chi connectivity index (χ3v) is 4.04. The Morgan fingerprint density at radius 3 is 3.13 bits per heavy atom. The number of halogens is 1. The fraction of sp³-hybridized carbons (Fsp3) is 0.700. The zero-order chi connectivity index (χ0) is 10.8. The molecule has 1 fully saturated rings. The van der Waals surface area contributed by atoms with Crippen LogP contribution in [0.1, 0.15) is 18.4 Å². The van der Waals surface area contributed by atoms with E-state index < -0.39 is 0 Å². The summed E-state index contributed by atoms with van der Waals surface area (Å²) in [7, 11) is 0. The molecule has 2 unspecified atom stereocenters. The van der Waals surface area contributed by atoms with Crippen molar-refractivity contribution < 1.29 is 0 Å². The first-order valence-electron chi connectivity index (χ1n) is 5.23. The van der Waals surface area contributed by atoms with E-state index in [0.717, 1.165) is 29.0 Å². The molecule has 84 valence electrons. The van der Waals surface area contributed by atoms with Crippen molar-refractivity contribution in [3.63, 3.8) is 0 Å². The first-order chi connectivity index (χ1) is 7.15. The highest BCUT2D eigenvalue weighted by Gasteiger charge is 2.25. The van der Waals surface area contributed by atoms with Gasteiger partial charge in [0.05, 0.1) is 12.7 Å². The Bertz CT molecular complexity index is 326. The van der Waals surface area contributed by atoms with E-state index in [1.54, 1.807) is 17.5 Å². The molecule has 0 aliphatic carbocycles. The van der Waals surface area contributed by atoms with Gasteiger partial charge in [0.1, 0.15) is 9.34 Å². The van der Waals surface area contributed by atoms with E-state index in [2.05, 4.69) is 16.8 Å². The lowest BCUT2D eigenvalue weighted by Gasteiger charge is -2.16. The van der Waals surface area contributed by atoms with Crippen molar-refractivity contribution in [3.05, 3.63) is 15.5 Å². The van der Waals surface area contributed by atoms with Crippen molar-refractivity contribution >= 4 is 22.9 Å². The third-order valence-electron chi connectivity index (χ3n) is 2.94. The van der Waals surface area contributed by atoms with Crippen LogP contribution in [-0.4, -0.2) is 29.0 Å². The molecule has 0 bridgehead atoms. The molecule has 1 aliphatic rings. The van der Waals surface area contributed by atoms with Crippen LogP contribution in [0.2, 0.25) is 4.34 Å². The van der Waals surface area contributed by atoms with Crippen LogP contribution in [-0.2, 0) is 6.54 Å². The summed E-state index contributed by atoms with van der Waals surface area (Å²) in [6, 6.07) is 0.301. The van der Waals surface area contributed by atoms with Gasteiger partial charge in [0.2, 0.25) is 0 Å². The van der Waals surface area contributed by atoms with E-state index in [9.17, 15) is 0 Å². The van der Waals surface area contributed by atoms with E-state index in [4.69, 9.17) is 17.3 Å². The zero-order valence-electron chi connectivity index (χ0n) is 8.82. The topological polar surface area (TPSA) is 42.1 Å². The minimum Gasteiger partial charge on any atom is -0.328 e. The lowest BCUT2D eigenvalue weighted by atomic mass is 10.0. The monoisotopic (exact) mass is 245 g/mol. The van der Waals surface area contributed by atoms with Crippen molar-refractivity contribution in [2.45, 2.75) is 25.9 Å². The molecule has 2 N–H and O–H groups in total. The van der Waals surface area contributed by atoms with Gasteiger partial charge < -0.3 is 5.73 Å². The molecule has 0 aromatic carbocycles. The maximum Gasteiger partial charge on any atom is 0.113 e. The zero-order valence-corrected chi connectivity index (χ0v) is 10.4. The molecule has 0 amide bonds. The Morgan fingerprint density at radius 1 is 1.80 bits per heavy atom. The predicted octanol–water partition coefficient (Wildman–Crippen LogP) is 1.97. The summed E-state index contributed by atoms with van der Waals surface area (Å²) in [4.78, 5) is 6.67. The maximum absolute atomic E-state index is 5.90. The second-order valence-corrected chi connectivity index (χ2v) is 5.95. The van der Waals surface area contributed by atoms with Crippen LogP contribution in [0.15, 0.2) is 6.20 Å². The normalized spacial score (nSPS) is 24.6. The van der Waals surface area contributed by atoms with E-state index in [1.165, 1.54) is 6.42 Å². The molecule has 3 nitrogen and oxygen atoms in total. The Kier molecular flexibility index (Phi) is 3.61. The molecule has 0 saturated carbocycles. The fourth-order valence-electron chi connectivity index (χ4n) is 1.99. The molecular weight excluding hydrogens is 230 g/mol. The van der Waals surface area contributed by atoms with Crippen LogP contribution in [0.5, 0.6) is 0 Å². The summed E-state index contributed by atoms with van der Waals surface area (Å²) in [6.45, 7) is 5.23. The number of nitrogens with two attached hydrogens (primary N) is 1. The number of likely N-dealkylation sites (tertiary alicyclic amines) is 1. The van der Waals surface area contributed by atoms with Crippen LogP contribution >= 0.6 is 22.9 Å². The molecule has 5 heteroatoms. The minimum absolute atomic E-state index is 0.301. The van der Waals surface area contributed by atoms with Crippen molar-refractivity contribution in [1.29, 1.82) is 0 Å². The first-order valence-corrected chi connectivity index (χ1v) is 6.42. The van der Waals surface area contributed by atoms with E-state index in [1.807, 2.05) is 0 Å². The molecule has 1 aliphatic heterocycles. The Morgan fingerprint density at radius 2 is 2.60 bits per heavy atom. The summed E-state index contributed by atoms with van der Waals surface area (Å²) < 4.78 is 0.771. The van der Waals surface area contributed by atoms with Gasteiger partial charge in [-0.15, -0.1) is 11.3 Å². The number of nitrogens with zero attached hydrogens (tertiary/aromatic N) is 2. The number of thiazole rings is 1. The summed E-state index contributed by atoms with van der Waals surface area (Å²) in [6.07, 6.45) is 2.93. The minimum atomic E-state index is 0.301. The quantitative estimate of drug-likeness (QED) is 0.886. The van der Waals surface area contributed by atoms with Gasteiger partial charge in [-0.1, -0.05) is 11.6 Å². The van der Waals surface area contributed by atoms with E-state index in [-0.39, 0.29) is 0 Å². The Balaban J connectivity index is 1.87. The van der Waals surface area contributed by atoms with Gasteiger partial charge in [-0.05, 0) is 25.8 Å². The van der Waals surface area contributed by atoms with Crippen LogP contribution in [0.25, 0.3) is 0 Å². The Labute approximate surface area is 99.2 Å². The number of rotatable bonds is 3. The molecule has 2 atom stereocenters. The summed E-state index contributed by atoms with van der Waals surface area (Å²) in [5.41, 5.74) is 5.90. The summed E-state index contributed by atoms with van der Waals surface area (Å²) in [5, 5.41) is 1.10. The number of hydrogen-bond acceptors (Lipinski definition) is 4. The molecule has 0 radical (unpaired) electrons. The molecule has 2 rings (SSSR count). The highest BCUT2D eigenvalue weighted by molar-refractivity contribution is 7.15. The van der Waals surface area contributed by atoms with Crippen LogP contribution in [0.4, 0.5) is 0 Å². The van der Waals surface area contributed by atoms with Gasteiger partial charge in [-0.2, -0.15) is 0 Å². The SMILES string of the molecule is CC(N)C1CCN(Cc2ncc(Cl)s2)C1. The van der Waals surface area contributed by atoms with Crippen molar-refractivity contribution in [3.8, 4) is 0 Å². The first kappa shape index (κ1) is 11.3. The molecule has 0 spiro atoms. The number of hydrogen-bond donors (Lipinski definition) is 1. The van der Waals surface area contributed by atoms with Crippen molar-refractivity contribution in [1.82, 2.24) is 9.88 Å². The second-order valence-electron chi connectivity index (χ2n) is 4.20. The molecule has 2 heterocycles. The molecule has 1 aromatic rings. The lowest BCUT2D eigenvalue weighted by molar-refractivity contribution is 0.308. The van der Waals surface area contributed by atoms with Crippen molar-refractivity contribution in [2.24, 2.45) is 11.7 Å². The van der Waals surface area contributed by atoms with E-state index in [0.29, 0.717) is 12.0 Å². The fourth-order valence-corrected chi connectivity index (χ4v) is 2.99. The van der Waals surface area contributed by atoms with Gasteiger partial charge in [0.25, 0.3) is 0 Å². The van der Waals surface area contributed by atoms with Crippen LogP contribution in [0.3, 0.4) is 0 Å². The van der Waals surface area contributed by atoms with Crippen molar-refractivity contribution in [2.75, 3.05) is 13.1 Å². The van der Waals surface area contributed by atoms with E-state index >= 15 is 0 Å². The Hall–Kier alpha value is -0.160. The maximum atomic E-state index is 5.90. The summed E-state index contributed by atoms with van der Waals surface area (Å²) in [5.74, 6) is 0.639. The average Bonchev–Trinajstić information content (AvgIpc) is 2.76. The molecule has 1 aromatic heterocycles. The highest BCUT2D eigenvalue weighted by Crippen LogP contribution is 2.24. The standard InChI is InChI=1S/C10H16ClN3S/c1-7(12)8-2-3-14(5-8)6-10-13-4-9(11)15-10/h4,7-8H,2-3,5-6,12H2,1H3. The highest BCUT2D eigenvalue weighted by atomic mass is 35.5. The summed E-state index contributed by atoms with van der Waals surface area (Å²) >= 11 is 7.41. The lowest BCUT2D eigenvalue weighted by Crippen LogP contribution is -2.29. The second kappa shape index (κ2) is 4.78. The van der Waals surface area contributed by atoms with Crippen LogP contribution < -0.4 is 5.73 Å². The molecule has 15 heavy (non-hydrogen) atoms. The van der Waals surface area contributed by atoms with Gasteiger partial charge >= 0.3 is 0 Å².